The number of rotatable bonds is 10. The Morgan fingerprint density at radius 1 is 0.971 bits per heavy atom. The average Bonchev–Trinajstić information content (AvgIpc) is 2.87. The molecule has 0 saturated heterocycles. The van der Waals surface area contributed by atoms with Crippen molar-refractivity contribution < 1.29 is 23.8 Å². The number of ether oxygens (including phenoxy) is 3. The van der Waals surface area contributed by atoms with Gasteiger partial charge in [0.15, 0.2) is 11.5 Å². The Balaban J connectivity index is 1.47. The zero-order chi connectivity index (χ0) is 25.0. The van der Waals surface area contributed by atoms with E-state index in [0.717, 1.165) is 11.1 Å². The summed E-state index contributed by atoms with van der Waals surface area (Å²) in [6.45, 7) is 0.0818. The number of benzene rings is 3. The molecule has 0 heterocycles. The minimum absolute atomic E-state index is 0.106. The Hall–Kier alpha value is -3.75. The summed E-state index contributed by atoms with van der Waals surface area (Å²) in [7, 11) is 1.49. The summed E-state index contributed by atoms with van der Waals surface area (Å²) >= 11 is 12.3. The molecule has 0 aromatic heterocycles. The van der Waals surface area contributed by atoms with Crippen LogP contribution in [0.15, 0.2) is 71.8 Å². The van der Waals surface area contributed by atoms with Gasteiger partial charge in [0.05, 0.1) is 18.3 Å². The maximum atomic E-state index is 11.9. The second-order valence-corrected chi connectivity index (χ2v) is 8.00. The van der Waals surface area contributed by atoms with E-state index in [1.807, 2.05) is 42.5 Å². The number of hydrogen-bond acceptors (Lipinski definition) is 6. The molecule has 0 aliphatic carbocycles. The molecule has 0 aliphatic rings. The fourth-order valence-corrected chi connectivity index (χ4v) is 3.24. The molecule has 0 saturated carbocycles. The fourth-order valence-electron chi connectivity index (χ4n) is 2.84. The minimum atomic E-state index is -0.710. The van der Waals surface area contributed by atoms with Gasteiger partial charge in [-0.1, -0.05) is 65.7 Å². The monoisotopic (exact) mass is 515 g/mol. The number of nitrogens with zero attached hydrogens (tertiary/aromatic N) is 1. The van der Waals surface area contributed by atoms with Crippen LogP contribution in [0.5, 0.6) is 11.5 Å². The molecule has 0 bridgehead atoms. The molecule has 10 heteroatoms. The number of alkyl carbamates (subject to hydrolysis) is 1. The number of methoxy groups -OCH3 is 1. The molecule has 3 aromatic carbocycles. The standard InChI is InChI=1S/C25H23Cl2N3O5/c1-33-22-12-19(11-21(27)24(22)34-15-18-7-9-20(26)10-8-18)13-29-30-23(31)14-28-25(32)35-16-17-5-3-2-4-6-17/h2-13H,14-16H2,1H3,(H,28,32)(H,30,31)/b29-13-. The van der Waals surface area contributed by atoms with Gasteiger partial charge in [0.2, 0.25) is 0 Å². The van der Waals surface area contributed by atoms with Crippen molar-refractivity contribution in [1.29, 1.82) is 0 Å². The summed E-state index contributed by atoms with van der Waals surface area (Å²) < 4.78 is 16.2. The van der Waals surface area contributed by atoms with Crippen LogP contribution in [0.2, 0.25) is 10.0 Å². The SMILES string of the molecule is COc1cc(/C=N\NC(=O)CNC(=O)OCc2ccccc2)cc(Cl)c1OCc1ccc(Cl)cc1. The summed E-state index contributed by atoms with van der Waals surface area (Å²) in [4.78, 5) is 23.6. The molecule has 0 unspecified atom stereocenters. The van der Waals surface area contributed by atoms with Gasteiger partial charge in [-0.05, 0) is 41.0 Å². The van der Waals surface area contributed by atoms with E-state index in [4.69, 9.17) is 37.4 Å². The van der Waals surface area contributed by atoms with Crippen molar-refractivity contribution in [3.63, 3.8) is 0 Å². The first kappa shape index (κ1) is 25.9. The van der Waals surface area contributed by atoms with Crippen LogP contribution in [0.4, 0.5) is 4.79 Å². The van der Waals surface area contributed by atoms with Crippen molar-refractivity contribution in [2.75, 3.05) is 13.7 Å². The normalized spacial score (nSPS) is 10.6. The van der Waals surface area contributed by atoms with Crippen molar-refractivity contribution in [3.05, 3.63) is 93.5 Å². The topological polar surface area (TPSA) is 98.2 Å². The van der Waals surface area contributed by atoms with Gasteiger partial charge in [-0.3, -0.25) is 4.79 Å². The van der Waals surface area contributed by atoms with Crippen LogP contribution in [0.25, 0.3) is 0 Å². The van der Waals surface area contributed by atoms with Crippen LogP contribution in [0, 0.1) is 0 Å². The molecule has 3 aromatic rings. The Kier molecular flexibility index (Phi) is 9.77. The smallest absolute Gasteiger partial charge is 0.407 e. The van der Waals surface area contributed by atoms with Crippen molar-refractivity contribution >= 4 is 41.4 Å². The van der Waals surface area contributed by atoms with Crippen LogP contribution in [-0.4, -0.2) is 31.9 Å². The fraction of sp³-hybridized carbons (Fsp3) is 0.160. The third kappa shape index (κ3) is 8.51. The Bertz CT molecular complexity index is 1170. The molecule has 182 valence electrons. The number of amides is 2. The molecular formula is C25H23Cl2N3O5. The number of hydrazone groups is 1. The van der Waals surface area contributed by atoms with E-state index in [2.05, 4.69) is 15.8 Å². The van der Waals surface area contributed by atoms with Gasteiger partial charge in [-0.15, -0.1) is 0 Å². The van der Waals surface area contributed by atoms with Crippen LogP contribution in [0.1, 0.15) is 16.7 Å². The second-order valence-electron chi connectivity index (χ2n) is 7.16. The third-order valence-corrected chi connectivity index (χ3v) is 5.09. The zero-order valence-electron chi connectivity index (χ0n) is 18.8. The second kappa shape index (κ2) is 13.2. The molecule has 2 N–H and O–H groups in total. The Labute approximate surface area is 212 Å². The number of hydrogen-bond donors (Lipinski definition) is 2. The van der Waals surface area contributed by atoms with E-state index in [-0.39, 0.29) is 19.8 Å². The lowest BCUT2D eigenvalue weighted by Gasteiger charge is -2.13. The number of halogens is 2. The molecule has 2 amide bonds. The Morgan fingerprint density at radius 2 is 1.69 bits per heavy atom. The first-order valence-corrected chi connectivity index (χ1v) is 11.2. The lowest BCUT2D eigenvalue weighted by atomic mass is 10.2. The molecular weight excluding hydrogens is 493 g/mol. The van der Waals surface area contributed by atoms with E-state index in [1.165, 1.54) is 13.3 Å². The van der Waals surface area contributed by atoms with Crippen molar-refractivity contribution in [1.82, 2.24) is 10.7 Å². The zero-order valence-corrected chi connectivity index (χ0v) is 20.3. The van der Waals surface area contributed by atoms with E-state index in [9.17, 15) is 9.59 Å². The van der Waals surface area contributed by atoms with Crippen molar-refractivity contribution in [2.45, 2.75) is 13.2 Å². The van der Waals surface area contributed by atoms with Crippen molar-refractivity contribution in [2.24, 2.45) is 5.10 Å². The highest BCUT2D eigenvalue weighted by Crippen LogP contribution is 2.36. The highest BCUT2D eigenvalue weighted by Gasteiger charge is 2.12. The van der Waals surface area contributed by atoms with Gasteiger partial charge in [0, 0.05) is 5.02 Å². The number of carbonyl (C=O) groups is 2. The predicted molar refractivity (Wildman–Crippen MR) is 134 cm³/mol. The minimum Gasteiger partial charge on any atom is -0.493 e. The van der Waals surface area contributed by atoms with Crippen LogP contribution in [0.3, 0.4) is 0 Å². The van der Waals surface area contributed by atoms with E-state index < -0.39 is 12.0 Å². The van der Waals surface area contributed by atoms with E-state index in [1.54, 1.807) is 24.3 Å². The first-order chi connectivity index (χ1) is 16.9. The first-order valence-electron chi connectivity index (χ1n) is 10.5. The molecule has 0 spiro atoms. The molecule has 0 atom stereocenters. The van der Waals surface area contributed by atoms with Gasteiger partial charge in [-0.25, -0.2) is 10.2 Å². The highest BCUT2D eigenvalue weighted by atomic mass is 35.5. The van der Waals surface area contributed by atoms with Crippen LogP contribution >= 0.6 is 23.2 Å². The number of carbonyl (C=O) groups excluding carboxylic acids is 2. The molecule has 0 fully saturated rings. The predicted octanol–water partition coefficient (Wildman–Crippen LogP) is 4.96. The number of nitrogens with one attached hydrogen (secondary N) is 2. The van der Waals surface area contributed by atoms with Gasteiger partial charge < -0.3 is 19.5 Å². The molecule has 3 rings (SSSR count). The average molecular weight is 516 g/mol. The quantitative estimate of drug-likeness (QED) is 0.293. The maximum absolute atomic E-state index is 11.9. The van der Waals surface area contributed by atoms with Crippen molar-refractivity contribution in [3.8, 4) is 11.5 Å². The van der Waals surface area contributed by atoms with Crippen LogP contribution in [-0.2, 0) is 22.7 Å². The van der Waals surface area contributed by atoms with Gasteiger partial charge in [-0.2, -0.15) is 5.10 Å². The Morgan fingerprint density at radius 3 is 2.40 bits per heavy atom. The van der Waals surface area contributed by atoms with E-state index in [0.29, 0.717) is 27.1 Å². The van der Waals surface area contributed by atoms with E-state index >= 15 is 0 Å². The highest BCUT2D eigenvalue weighted by molar-refractivity contribution is 6.32. The lowest BCUT2D eigenvalue weighted by molar-refractivity contribution is -0.120. The van der Waals surface area contributed by atoms with Gasteiger partial charge in [0.25, 0.3) is 5.91 Å². The van der Waals surface area contributed by atoms with Gasteiger partial charge in [0.1, 0.15) is 19.8 Å². The summed E-state index contributed by atoms with van der Waals surface area (Å²) in [5.74, 6) is 0.254. The summed E-state index contributed by atoms with van der Waals surface area (Å²) in [6, 6.07) is 19.7. The third-order valence-electron chi connectivity index (χ3n) is 4.56. The maximum Gasteiger partial charge on any atom is 0.407 e. The summed E-state index contributed by atoms with van der Waals surface area (Å²) in [6.07, 6.45) is 0.682. The van der Waals surface area contributed by atoms with Gasteiger partial charge >= 0.3 is 6.09 Å². The summed E-state index contributed by atoms with van der Waals surface area (Å²) in [5.41, 5.74) is 4.64. The van der Waals surface area contributed by atoms with Crippen LogP contribution < -0.4 is 20.2 Å². The molecule has 0 aliphatic heterocycles. The lowest BCUT2D eigenvalue weighted by Crippen LogP contribution is -2.35. The molecule has 8 nitrogen and oxygen atoms in total. The summed E-state index contributed by atoms with van der Waals surface area (Å²) in [5, 5.41) is 7.18. The molecule has 0 radical (unpaired) electrons. The molecule has 35 heavy (non-hydrogen) atoms. The largest absolute Gasteiger partial charge is 0.493 e.